The fourth-order valence-electron chi connectivity index (χ4n) is 1.52. The molecule has 0 spiro atoms. The van der Waals surface area contributed by atoms with Gasteiger partial charge in [-0.25, -0.2) is 4.98 Å². The summed E-state index contributed by atoms with van der Waals surface area (Å²) in [5.41, 5.74) is -0.212. The maximum Gasteiger partial charge on any atom is 0.324 e. The van der Waals surface area contributed by atoms with E-state index in [0.29, 0.717) is 4.34 Å². The van der Waals surface area contributed by atoms with Crippen LogP contribution in [0.25, 0.3) is 10.2 Å². The van der Waals surface area contributed by atoms with Crippen LogP contribution in [0.4, 0.5) is 0 Å². The van der Waals surface area contributed by atoms with Crippen molar-refractivity contribution in [3.63, 3.8) is 0 Å². The molecule has 0 saturated carbocycles. The second-order valence-electron chi connectivity index (χ2n) is 4.86. The van der Waals surface area contributed by atoms with Gasteiger partial charge in [0.1, 0.15) is 12.0 Å². The molecule has 0 unspecified atom stereocenters. The van der Waals surface area contributed by atoms with E-state index in [2.05, 4.69) is 4.98 Å². The minimum Gasteiger partial charge on any atom is -0.481 e. The van der Waals surface area contributed by atoms with E-state index in [9.17, 15) is 9.59 Å². The first kappa shape index (κ1) is 14.8. The number of fused-ring (bicyclic) bond motifs is 1. The average Bonchev–Trinajstić information content (AvgIpc) is 2.76. The molecule has 20 heavy (non-hydrogen) atoms. The second-order valence-corrected chi connectivity index (χ2v) is 6.87. The van der Waals surface area contributed by atoms with Gasteiger partial charge in [0.05, 0.1) is 22.1 Å². The van der Waals surface area contributed by atoms with Gasteiger partial charge in [0.15, 0.2) is 4.34 Å². The number of hydrogen-bond acceptors (Lipinski definition) is 6. The number of nitrogens with zero attached hydrogens (tertiary/aromatic N) is 1. The Bertz CT molecular complexity index is 618. The van der Waals surface area contributed by atoms with Crippen molar-refractivity contribution in [3.05, 3.63) is 24.3 Å². The summed E-state index contributed by atoms with van der Waals surface area (Å²) in [5.74, 6) is -1.60. The number of carbonyl (C=O) groups is 2. The van der Waals surface area contributed by atoms with E-state index in [1.165, 1.54) is 11.3 Å². The Morgan fingerprint density at radius 3 is 2.75 bits per heavy atom. The Morgan fingerprint density at radius 2 is 2.10 bits per heavy atom. The molecule has 0 atom stereocenters. The molecular formula is C13H13NO4S2. The Balaban J connectivity index is 2.01. The first-order valence-electron chi connectivity index (χ1n) is 5.85. The zero-order valence-corrected chi connectivity index (χ0v) is 12.6. The molecule has 0 aliphatic carbocycles. The van der Waals surface area contributed by atoms with Crippen LogP contribution in [0.3, 0.4) is 0 Å². The van der Waals surface area contributed by atoms with Crippen LogP contribution >= 0.6 is 23.4 Å². The maximum atomic E-state index is 11.9. The van der Waals surface area contributed by atoms with Crippen LogP contribution in [-0.2, 0) is 13.8 Å². The van der Waals surface area contributed by atoms with Gasteiger partial charge in [-0.05, 0) is 26.0 Å². The summed E-state index contributed by atoms with van der Waals surface area (Å²) in [7, 11) is 0. The Morgan fingerprint density at radius 1 is 1.40 bits per heavy atom. The lowest BCUT2D eigenvalue weighted by molar-refractivity contribution is -0.150. The van der Waals surface area contributed by atoms with Gasteiger partial charge < -0.3 is 9.29 Å². The molecule has 0 aliphatic heterocycles. The molecule has 0 aliphatic rings. The average molecular weight is 311 g/mol. The lowest BCUT2D eigenvalue weighted by atomic mass is 9.90. The maximum absolute atomic E-state index is 11.9. The van der Waals surface area contributed by atoms with E-state index < -0.39 is 17.4 Å². The third kappa shape index (κ3) is 3.49. The third-order valence-corrected chi connectivity index (χ3v) is 4.36. The number of rotatable bonds is 5. The first-order valence-corrected chi connectivity index (χ1v) is 7.40. The summed E-state index contributed by atoms with van der Waals surface area (Å²) in [5, 5.41) is 8.75. The summed E-state index contributed by atoms with van der Waals surface area (Å²) in [4.78, 5) is 26.9. The van der Waals surface area contributed by atoms with Crippen molar-refractivity contribution in [2.45, 2.75) is 24.6 Å². The van der Waals surface area contributed by atoms with Crippen LogP contribution in [0, 0.1) is 5.41 Å². The zero-order valence-electron chi connectivity index (χ0n) is 11.0. The Kier molecular flexibility index (Phi) is 4.29. The SMILES string of the molecule is CC(C)(CC(=O)O)C(=O)OSc1nc2ccccc2s1. The number of benzene rings is 1. The number of thiazole rings is 1. The molecule has 1 heterocycles. The number of carbonyl (C=O) groups excluding carboxylic acids is 1. The molecule has 2 aromatic rings. The predicted molar refractivity (Wildman–Crippen MR) is 77.6 cm³/mol. The van der Waals surface area contributed by atoms with Gasteiger partial charge in [-0.15, -0.1) is 11.3 Å². The lowest BCUT2D eigenvalue weighted by Crippen LogP contribution is -2.27. The van der Waals surface area contributed by atoms with Crippen molar-refractivity contribution >= 4 is 45.5 Å². The summed E-state index contributed by atoms with van der Waals surface area (Å²) in [6.45, 7) is 3.09. The van der Waals surface area contributed by atoms with Crippen molar-refractivity contribution in [1.29, 1.82) is 0 Å². The van der Waals surface area contributed by atoms with Crippen molar-refractivity contribution in [2.24, 2.45) is 5.41 Å². The molecule has 0 amide bonds. The summed E-state index contributed by atoms with van der Waals surface area (Å²) < 4.78 is 6.71. The highest BCUT2D eigenvalue weighted by Crippen LogP contribution is 2.32. The van der Waals surface area contributed by atoms with Gasteiger partial charge in [0.2, 0.25) is 0 Å². The van der Waals surface area contributed by atoms with Gasteiger partial charge in [-0.3, -0.25) is 9.59 Å². The fraction of sp³-hybridized carbons (Fsp3) is 0.308. The molecule has 0 fully saturated rings. The molecule has 106 valence electrons. The predicted octanol–water partition coefficient (Wildman–Crippen LogP) is 3.35. The monoisotopic (exact) mass is 311 g/mol. The van der Waals surface area contributed by atoms with Gasteiger partial charge >= 0.3 is 11.9 Å². The fourth-order valence-corrected chi connectivity index (χ4v) is 3.24. The zero-order chi connectivity index (χ0) is 14.8. The Labute approximate surface area is 124 Å². The molecule has 1 aromatic carbocycles. The van der Waals surface area contributed by atoms with Gasteiger partial charge in [0.25, 0.3) is 0 Å². The van der Waals surface area contributed by atoms with Crippen molar-refractivity contribution < 1.29 is 18.9 Å². The minimum atomic E-state index is -1.06. The summed E-state index contributed by atoms with van der Waals surface area (Å²) in [6, 6.07) is 7.62. The highest BCUT2D eigenvalue weighted by Gasteiger charge is 2.33. The van der Waals surface area contributed by atoms with E-state index in [4.69, 9.17) is 9.29 Å². The summed E-state index contributed by atoms with van der Waals surface area (Å²) >= 11 is 2.30. The van der Waals surface area contributed by atoms with Crippen molar-refractivity contribution in [1.82, 2.24) is 4.98 Å². The Hall–Kier alpha value is -1.60. The van der Waals surface area contributed by atoms with Gasteiger partial charge in [0, 0.05) is 0 Å². The van der Waals surface area contributed by atoms with Crippen molar-refractivity contribution in [3.8, 4) is 0 Å². The third-order valence-electron chi connectivity index (χ3n) is 2.61. The molecule has 1 aromatic heterocycles. The first-order chi connectivity index (χ1) is 9.38. The highest BCUT2D eigenvalue weighted by atomic mass is 32.2. The highest BCUT2D eigenvalue weighted by molar-refractivity contribution is 7.97. The van der Waals surface area contributed by atoms with E-state index in [-0.39, 0.29) is 6.42 Å². The smallest absolute Gasteiger partial charge is 0.324 e. The molecule has 5 nitrogen and oxygen atoms in total. The van der Waals surface area contributed by atoms with E-state index in [1.54, 1.807) is 13.8 Å². The topological polar surface area (TPSA) is 76.5 Å². The van der Waals surface area contributed by atoms with Crippen LogP contribution in [0.15, 0.2) is 28.6 Å². The lowest BCUT2D eigenvalue weighted by Gasteiger charge is -2.18. The van der Waals surface area contributed by atoms with Crippen molar-refractivity contribution in [2.75, 3.05) is 0 Å². The van der Waals surface area contributed by atoms with Crippen LogP contribution in [0.5, 0.6) is 0 Å². The standard InChI is InChI=1S/C13H13NO4S2/c1-13(2,7-10(15)16)11(17)18-20-12-14-8-5-3-4-6-9(8)19-12/h3-6H,7H2,1-2H3,(H,15,16). The van der Waals surface area contributed by atoms with Crippen LogP contribution in [0.2, 0.25) is 0 Å². The quantitative estimate of drug-likeness (QED) is 0.853. The largest absolute Gasteiger partial charge is 0.481 e. The van der Waals surface area contributed by atoms with E-state index in [1.807, 2.05) is 24.3 Å². The molecule has 2 rings (SSSR count). The van der Waals surface area contributed by atoms with Crippen LogP contribution in [0.1, 0.15) is 20.3 Å². The van der Waals surface area contributed by atoms with E-state index in [0.717, 1.165) is 22.3 Å². The number of hydrogen-bond donors (Lipinski definition) is 1. The summed E-state index contributed by atoms with van der Waals surface area (Å²) in [6.07, 6.45) is -0.272. The molecule has 1 N–H and O–H groups in total. The normalized spacial score (nSPS) is 11.5. The number of aliphatic carboxylic acids is 1. The van der Waals surface area contributed by atoms with Gasteiger partial charge in [-0.2, -0.15) is 0 Å². The van der Waals surface area contributed by atoms with E-state index >= 15 is 0 Å². The molecule has 7 heteroatoms. The number of aromatic nitrogens is 1. The number of para-hydroxylation sites is 1. The molecular weight excluding hydrogens is 298 g/mol. The van der Waals surface area contributed by atoms with Gasteiger partial charge in [-0.1, -0.05) is 12.1 Å². The molecule has 0 saturated heterocycles. The van der Waals surface area contributed by atoms with Crippen LogP contribution in [-0.4, -0.2) is 22.0 Å². The van der Waals surface area contributed by atoms with Crippen LogP contribution < -0.4 is 0 Å². The number of carboxylic acid groups (broad SMARTS) is 1. The molecule has 0 radical (unpaired) electrons. The molecule has 0 bridgehead atoms. The number of carboxylic acids is 1. The second kappa shape index (κ2) is 5.80. The minimum absolute atomic E-state index is 0.272.